The maximum absolute atomic E-state index is 11.9. The highest BCUT2D eigenvalue weighted by Gasteiger charge is 2.21. The maximum atomic E-state index is 11.9. The van der Waals surface area contributed by atoms with E-state index in [1.807, 2.05) is 24.3 Å². The number of anilines is 1. The zero-order chi connectivity index (χ0) is 17.8. The van der Waals surface area contributed by atoms with Gasteiger partial charge >= 0.3 is 0 Å². The molecule has 0 spiro atoms. The number of aromatic nitrogens is 1. The number of phenolic OH excluding ortho intramolecular Hbond substituents is 1. The summed E-state index contributed by atoms with van der Waals surface area (Å²) in [6.45, 7) is 0.128. The van der Waals surface area contributed by atoms with Crippen LogP contribution in [-0.4, -0.2) is 21.2 Å². The fraction of sp³-hybridized carbons (Fsp3) is 0.111. The number of fused-ring (bicyclic) bond motifs is 1. The largest absolute Gasteiger partial charge is 0.508 e. The Labute approximate surface area is 143 Å². The number of benzene rings is 2. The molecule has 3 aromatic rings. The molecule has 1 heterocycles. The Morgan fingerprint density at radius 3 is 2.68 bits per heavy atom. The Kier molecular flexibility index (Phi) is 4.78. The van der Waals surface area contributed by atoms with Crippen LogP contribution in [0.1, 0.15) is 17.2 Å². The fourth-order valence-corrected chi connectivity index (χ4v) is 2.54. The van der Waals surface area contributed by atoms with Gasteiger partial charge in [-0.2, -0.15) is 0 Å². The van der Waals surface area contributed by atoms with E-state index in [1.54, 1.807) is 23.8 Å². The number of amides is 1. The van der Waals surface area contributed by atoms with Crippen LogP contribution < -0.4 is 11.2 Å². The molecule has 1 amide bonds. The van der Waals surface area contributed by atoms with Crippen LogP contribution in [0.2, 0.25) is 0 Å². The first-order chi connectivity index (χ1) is 12.1. The number of carbonyl (C=O) groups excluding carboxylic acids is 1. The second-order valence-corrected chi connectivity index (χ2v) is 5.51. The molecule has 5 N–H and O–H groups in total. The van der Waals surface area contributed by atoms with Gasteiger partial charge in [-0.3, -0.25) is 10.0 Å². The number of pyridine rings is 1. The Morgan fingerprint density at radius 1 is 1.20 bits per heavy atom. The molecule has 0 aliphatic rings. The highest BCUT2D eigenvalue weighted by atomic mass is 16.5. The molecule has 0 aliphatic heterocycles. The molecular formula is C18H17N3O4. The molecule has 0 bridgehead atoms. The van der Waals surface area contributed by atoms with Crippen LogP contribution in [0, 0.1) is 0 Å². The van der Waals surface area contributed by atoms with E-state index in [1.165, 1.54) is 12.1 Å². The fourth-order valence-electron chi connectivity index (χ4n) is 2.54. The van der Waals surface area contributed by atoms with Gasteiger partial charge in [0.15, 0.2) is 6.10 Å². The quantitative estimate of drug-likeness (QED) is 0.418. The Morgan fingerprint density at radius 2 is 1.96 bits per heavy atom. The normalized spacial score (nSPS) is 12.0. The number of ether oxygens (including phenoxy) is 1. The molecule has 7 heteroatoms. The summed E-state index contributed by atoms with van der Waals surface area (Å²) >= 11 is 0. The van der Waals surface area contributed by atoms with E-state index >= 15 is 0 Å². The first kappa shape index (κ1) is 16.7. The molecular weight excluding hydrogens is 322 g/mol. The third-order valence-electron chi connectivity index (χ3n) is 3.82. The van der Waals surface area contributed by atoms with Crippen molar-refractivity contribution in [3.63, 3.8) is 0 Å². The molecule has 0 aliphatic carbocycles. The zero-order valence-corrected chi connectivity index (χ0v) is 13.2. The lowest BCUT2D eigenvalue weighted by Gasteiger charge is -2.17. The summed E-state index contributed by atoms with van der Waals surface area (Å²) in [4.78, 5) is 16.0. The number of hydrogen-bond donors (Lipinski definition) is 4. The molecule has 1 aromatic heterocycles. The second-order valence-electron chi connectivity index (χ2n) is 5.51. The van der Waals surface area contributed by atoms with E-state index in [0.29, 0.717) is 11.4 Å². The molecule has 25 heavy (non-hydrogen) atoms. The van der Waals surface area contributed by atoms with Gasteiger partial charge in [0.2, 0.25) is 0 Å². The SMILES string of the molecule is Nc1nccc2ccc(COC(C(=O)NO)c3ccc(O)cc3)cc12. The molecule has 128 valence electrons. The molecule has 2 aromatic carbocycles. The monoisotopic (exact) mass is 339 g/mol. The Balaban J connectivity index is 1.82. The lowest BCUT2D eigenvalue weighted by atomic mass is 10.1. The van der Waals surface area contributed by atoms with Gasteiger partial charge < -0.3 is 15.6 Å². The van der Waals surface area contributed by atoms with Crippen molar-refractivity contribution in [1.82, 2.24) is 10.5 Å². The van der Waals surface area contributed by atoms with Crippen LogP contribution in [0.3, 0.4) is 0 Å². The van der Waals surface area contributed by atoms with Gasteiger partial charge in [0.1, 0.15) is 11.6 Å². The van der Waals surface area contributed by atoms with Gasteiger partial charge in [-0.05, 0) is 40.8 Å². The molecule has 0 radical (unpaired) electrons. The molecule has 0 saturated heterocycles. The summed E-state index contributed by atoms with van der Waals surface area (Å²) in [5, 5.41) is 20.1. The van der Waals surface area contributed by atoms with Crippen molar-refractivity contribution >= 4 is 22.5 Å². The maximum Gasteiger partial charge on any atom is 0.277 e. The summed E-state index contributed by atoms with van der Waals surface area (Å²) in [7, 11) is 0. The van der Waals surface area contributed by atoms with Crippen molar-refractivity contribution in [3.05, 3.63) is 65.9 Å². The number of rotatable bonds is 5. The average molecular weight is 339 g/mol. The number of nitrogens with one attached hydrogen (secondary N) is 1. The van der Waals surface area contributed by atoms with Crippen LogP contribution in [0.4, 0.5) is 5.82 Å². The predicted molar refractivity (Wildman–Crippen MR) is 91.7 cm³/mol. The van der Waals surface area contributed by atoms with Gasteiger partial charge in [0.05, 0.1) is 6.61 Å². The van der Waals surface area contributed by atoms with Crippen LogP contribution in [-0.2, 0) is 16.1 Å². The van der Waals surface area contributed by atoms with Crippen LogP contribution in [0.25, 0.3) is 10.8 Å². The van der Waals surface area contributed by atoms with E-state index in [9.17, 15) is 9.90 Å². The lowest BCUT2D eigenvalue weighted by Crippen LogP contribution is -2.28. The summed E-state index contributed by atoms with van der Waals surface area (Å²) < 4.78 is 5.68. The number of hydroxylamine groups is 1. The Hall–Kier alpha value is -3.16. The molecule has 0 saturated carbocycles. The number of nitrogens with zero attached hydrogens (tertiary/aromatic N) is 1. The minimum absolute atomic E-state index is 0.0735. The van der Waals surface area contributed by atoms with Crippen molar-refractivity contribution < 1.29 is 19.8 Å². The van der Waals surface area contributed by atoms with Gasteiger partial charge in [-0.1, -0.05) is 24.3 Å². The number of nitrogen functional groups attached to an aromatic ring is 1. The zero-order valence-electron chi connectivity index (χ0n) is 13.2. The van der Waals surface area contributed by atoms with Crippen LogP contribution in [0.5, 0.6) is 5.75 Å². The highest BCUT2D eigenvalue weighted by molar-refractivity contribution is 5.91. The third kappa shape index (κ3) is 3.68. The summed E-state index contributed by atoms with van der Waals surface area (Å²) in [6, 6.07) is 13.5. The standard InChI is InChI=1S/C18H17N3O4/c19-17-15-9-11(1-2-12(15)7-8-20-17)10-25-16(18(23)21-24)13-3-5-14(22)6-4-13/h1-9,16,22,24H,10H2,(H2,19,20)(H,21,23). The van der Waals surface area contributed by atoms with Crippen molar-refractivity contribution in [3.8, 4) is 5.75 Å². The first-order valence-electron chi connectivity index (χ1n) is 7.56. The minimum atomic E-state index is -1.02. The summed E-state index contributed by atoms with van der Waals surface area (Å²) in [5.41, 5.74) is 8.79. The van der Waals surface area contributed by atoms with Gasteiger partial charge in [-0.15, -0.1) is 0 Å². The van der Waals surface area contributed by atoms with E-state index < -0.39 is 12.0 Å². The van der Waals surface area contributed by atoms with Gasteiger partial charge in [0.25, 0.3) is 5.91 Å². The predicted octanol–water partition coefficient (Wildman–Crippen LogP) is 2.29. The summed E-state index contributed by atoms with van der Waals surface area (Å²) in [6.07, 6.45) is 0.618. The smallest absolute Gasteiger partial charge is 0.277 e. The number of aromatic hydroxyl groups is 1. The number of phenols is 1. The molecule has 1 unspecified atom stereocenters. The second kappa shape index (κ2) is 7.16. The van der Waals surface area contributed by atoms with Crippen molar-refractivity contribution in [2.24, 2.45) is 0 Å². The van der Waals surface area contributed by atoms with Crippen molar-refractivity contribution in [2.75, 3.05) is 5.73 Å². The van der Waals surface area contributed by atoms with E-state index in [2.05, 4.69) is 4.98 Å². The average Bonchev–Trinajstić information content (AvgIpc) is 2.63. The first-order valence-corrected chi connectivity index (χ1v) is 7.56. The Bertz CT molecular complexity index is 896. The summed E-state index contributed by atoms with van der Waals surface area (Å²) in [5.74, 6) is -0.209. The molecule has 1 atom stereocenters. The molecule has 7 nitrogen and oxygen atoms in total. The van der Waals surface area contributed by atoms with E-state index in [0.717, 1.165) is 16.3 Å². The highest BCUT2D eigenvalue weighted by Crippen LogP contribution is 2.24. The van der Waals surface area contributed by atoms with Crippen LogP contribution >= 0.6 is 0 Å². The van der Waals surface area contributed by atoms with Gasteiger partial charge in [-0.25, -0.2) is 10.5 Å². The lowest BCUT2D eigenvalue weighted by molar-refractivity contribution is -0.142. The number of carbonyl (C=O) groups is 1. The molecule has 0 fully saturated rings. The third-order valence-corrected chi connectivity index (χ3v) is 3.82. The van der Waals surface area contributed by atoms with E-state index in [4.69, 9.17) is 15.7 Å². The molecule has 3 rings (SSSR count). The van der Waals surface area contributed by atoms with Crippen molar-refractivity contribution in [1.29, 1.82) is 0 Å². The van der Waals surface area contributed by atoms with Crippen LogP contribution in [0.15, 0.2) is 54.7 Å². The minimum Gasteiger partial charge on any atom is -0.508 e. The van der Waals surface area contributed by atoms with Crippen molar-refractivity contribution in [2.45, 2.75) is 12.7 Å². The van der Waals surface area contributed by atoms with E-state index in [-0.39, 0.29) is 12.4 Å². The number of hydrogen-bond acceptors (Lipinski definition) is 6. The number of nitrogens with two attached hydrogens (primary N) is 1. The van der Waals surface area contributed by atoms with Gasteiger partial charge in [0, 0.05) is 11.6 Å². The topological polar surface area (TPSA) is 118 Å².